The minimum absolute atomic E-state index is 0.271. The number of methoxy groups -OCH3 is 1. The first kappa shape index (κ1) is 20.4. The number of ether oxygens (including phenoxy) is 1. The van der Waals surface area contributed by atoms with E-state index in [-0.39, 0.29) is 6.54 Å². The van der Waals surface area contributed by atoms with Crippen LogP contribution in [0.4, 0.5) is 5.69 Å². The molecule has 0 unspecified atom stereocenters. The lowest BCUT2D eigenvalue weighted by molar-refractivity contribution is -0.118. The highest BCUT2D eigenvalue weighted by atomic mass is 32.2. The molecule has 1 fully saturated rings. The normalized spacial score (nSPS) is 21.8. The number of anilines is 1. The van der Waals surface area contributed by atoms with Crippen molar-refractivity contribution in [2.24, 2.45) is 0 Å². The van der Waals surface area contributed by atoms with Crippen LogP contribution in [-0.2, 0) is 21.4 Å². The number of nitrogens with zero attached hydrogens (tertiary/aromatic N) is 1. The summed E-state index contributed by atoms with van der Waals surface area (Å²) in [5, 5.41) is 2.81. The van der Waals surface area contributed by atoms with Crippen molar-refractivity contribution in [3.05, 3.63) is 59.7 Å². The minimum Gasteiger partial charge on any atom is -0.497 e. The van der Waals surface area contributed by atoms with E-state index in [9.17, 15) is 13.2 Å². The SMILES string of the molecule is COc1ccc(NC(=O)[C@@]2(C)CCCN(Cc3ccccc3)S2(=O)=O)c(C)c1. The molecule has 1 saturated heterocycles. The molecule has 0 bridgehead atoms. The van der Waals surface area contributed by atoms with Gasteiger partial charge in [-0.2, -0.15) is 4.31 Å². The Morgan fingerprint density at radius 2 is 1.93 bits per heavy atom. The van der Waals surface area contributed by atoms with Gasteiger partial charge in [-0.05, 0) is 56.0 Å². The first-order valence-corrected chi connectivity index (χ1v) is 10.7. The summed E-state index contributed by atoms with van der Waals surface area (Å²) in [6.07, 6.45) is 0.930. The zero-order chi connectivity index (χ0) is 20.4. The largest absolute Gasteiger partial charge is 0.497 e. The van der Waals surface area contributed by atoms with E-state index in [4.69, 9.17) is 4.74 Å². The number of sulfonamides is 1. The van der Waals surface area contributed by atoms with E-state index >= 15 is 0 Å². The molecule has 0 spiro atoms. The van der Waals surface area contributed by atoms with Crippen LogP contribution in [0, 0.1) is 6.92 Å². The zero-order valence-electron chi connectivity index (χ0n) is 16.4. The van der Waals surface area contributed by atoms with Gasteiger partial charge in [0.2, 0.25) is 15.9 Å². The summed E-state index contributed by atoms with van der Waals surface area (Å²) in [6.45, 7) is 4.06. The van der Waals surface area contributed by atoms with Crippen molar-refractivity contribution in [1.82, 2.24) is 4.31 Å². The third-order valence-corrected chi connectivity index (χ3v) is 7.85. The number of hydrogen-bond acceptors (Lipinski definition) is 4. The summed E-state index contributed by atoms with van der Waals surface area (Å²) in [6, 6.07) is 14.7. The molecular formula is C21H26N2O4S. The molecule has 0 radical (unpaired) electrons. The Kier molecular flexibility index (Phi) is 5.76. The van der Waals surface area contributed by atoms with E-state index in [0.717, 1.165) is 11.1 Å². The van der Waals surface area contributed by atoms with Gasteiger partial charge in [0.05, 0.1) is 7.11 Å². The maximum Gasteiger partial charge on any atom is 0.246 e. The standard InChI is InChI=1S/C21H26N2O4S/c1-16-14-18(27-3)10-11-19(16)22-20(24)21(2)12-7-13-23(28(21,25)26)15-17-8-5-4-6-9-17/h4-6,8-11,14H,7,12-13,15H2,1-3H3,(H,22,24)/t21-/m1/s1. The monoisotopic (exact) mass is 402 g/mol. The van der Waals surface area contributed by atoms with E-state index < -0.39 is 20.7 Å². The highest BCUT2D eigenvalue weighted by Gasteiger charge is 2.51. The Morgan fingerprint density at radius 3 is 2.57 bits per heavy atom. The van der Waals surface area contributed by atoms with Gasteiger partial charge in [-0.1, -0.05) is 30.3 Å². The third kappa shape index (κ3) is 3.77. The van der Waals surface area contributed by atoms with E-state index in [1.807, 2.05) is 37.3 Å². The molecular weight excluding hydrogens is 376 g/mol. The number of hydrogen-bond donors (Lipinski definition) is 1. The second kappa shape index (κ2) is 7.93. The molecule has 1 atom stereocenters. The van der Waals surface area contributed by atoms with E-state index in [0.29, 0.717) is 30.8 Å². The van der Waals surface area contributed by atoms with Crippen LogP contribution in [0.5, 0.6) is 5.75 Å². The molecule has 28 heavy (non-hydrogen) atoms. The van der Waals surface area contributed by atoms with Gasteiger partial charge in [0.15, 0.2) is 4.75 Å². The van der Waals surface area contributed by atoms with Gasteiger partial charge in [0, 0.05) is 18.8 Å². The van der Waals surface area contributed by atoms with Crippen molar-refractivity contribution in [2.75, 3.05) is 19.0 Å². The molecule has 1 heterocycles. The van der Waals surface area contributed by atoms with Crippen LogP contribution in [0.25, 0.3) is 0 Å². The molecule has 0 aromatic heterocycles. The number of carbonyl (C=O) groups excluding carboxylic acids is 1. The summed E-state index contributed by atoms with van der Waals surface area (Å²) < 4.78 is 31.7. The van der Waals surface area contributed by atoms with Gasteiger partial charge in [0.1, 0.15) is 5.75 Å². The Hall–Kier alpha value is -2.38. The van der Waals surface area contributed by atoms with Crippen molar-refractivity contribution < 1.29 is 17.9 Å². The fourth-order valence-electron chi connectivity index (χ4n) is 3.47. The predicted molar refractivity (Wildman–Crippen MR) is 110 cm³/mol. The molecule has 3 rings (SSSR count). The number of carbonyl (C=O) groups is 1. The molecule has 1 amide bonds. The van der Waals surface area contributed by atoms with E-state index in [1.165, 1.54) is 11.2 Å². The molecule has 1 N–H and O–H groups in total. The Balaban J connectivity index is 1.84. The minimum atomic E-state index is -3.81. The third-order valence-electron chi connectivity index (χ3n) is 5.33. The quantitative estimate of drug-likeness (QED) is 0.832. The number of benzene rings is 2. The maximum atomic E-state index is 13.3. The molecule has 0 aliphatic carbocycles. The molecule has 150 valence electrons. The Labute approximate surface area is 166 Å². The number of amides is 1. The molecule has 2 aromatic carbocycles. The summed E-state index contributed by atoms with van der Waals surface area (Å²) in [7, 11) is -2.24. The number of nitrogens with one attached hydrogen (secondary N) is 1. The lowest BCUT2D eigenvalue weighted by Crippen LogP contribution is -2.56. The highest BCUT2D eigenvalue weighted by Crippen LogP contribution is 2.34. The van der Waals surface area contributed by atoms with Crippen LogP contribution in [0.3, 0.4) is 0 Å². The van der Waals surface area contributed by atoms with Crippen molar-refractivity contribution >= 4 is 21.6 Å². The van der Waals surface area contributed by atoms with Crippen molar-refractivity contribution in [1.29, 1.82) is 0 Å². The topological polar surface area (TPSA) is 75.7 Å². The molecule has 0 saturated carbocycles. The van der Waals surface area contributed by atoms with E-state index in [1.54, 1.807) is 25.3 Å². The number of aryl methyl sites for hydroxylation is 1. The van der Waals surface area contributed by atoms with Crippen LogP contribution >= 0.6 is 0 Å². The lowest BCUT2D eigenvalue weighted by Gasteiger charge is -2.38. The van der Waals surface area contributed by atoms with Gasteiger partial charge < -0.3 is 10.1 Å². The number of rotatable bonds is 5. The van der Waals surface area contributed by atoms with Crippen molar-refractivity contribution in [3.63, 3.8) is 0 Å². The first-order valence-electron chi connectivity index (χ1n) is 9.27. The Morgan fingerprint density at radius 1 is 1.21 bits per heavy atom. The van der Waals surface area contributed by atoms with Crippen LogP contribution < -0.4 is 10.1 Å². The molecule has 1 aliphatic rings. The zero-order valence-corrected chi connectivity index (χ0v) is 17.3. The summed E-state index contributed by atoms with van der Waals surface area (Å²) >= 11 is 0. The van der Waals surface area contributed by atoms with Crippen LogP contribution in [0.2, 0.25) is 0 Å². The summed E-state index contributed by atoms with van der Waals surface area (Å²) in [5.74, 6) is 0.180. The average molecular weight is 403 g/mol. The van der Waals surface area contributed by atoms with Crippen LogP contribution in [0.1, 0.15) is 30.9 Å². The lowest BCUT2D eigenvalue weighted by atomic mass is 10.0. The van der Waals surface area contributed by atoms with E-state index in [2.05, 4.69) is 5.32 Å². The smallest absolute Gasteiger partial charge is 0.246 e. The Bertz CT molecular complexity index is 960. The predicted octanol–water partition coefficient (Wildman–Crippen LogP) is 3.33. The molecule has 1 aliphatic heterocycles. The van der Waals surface area contributed by atoms with Gasteiger partial charge in [0.25, 0.3) is 0 Å². The van der Waals surface area contributed by atoms with Crippen molar-refractivity contribution in [2.45, 2.75) is 38.0 Å². The second-order valence-corrected chi connectivity index (χ2v) is 9.66. The molecule has 6 nitrogen and oxygen atoms in total. The fourth-order valence-corrected chi connectivity index (χ4v) is 5.41. The van der Waals surface area contributed by atoms with Crippen LogP contribution in [0.15, 0.2) is 48.5 Å². The van der Waals surface area contributed by atoms with Crippen LogP contribution in [-0.4, -0.2) is 37.0 Å². The first-order chi connectivity index (χ1) is 13.3. The van der Waals surface area contributed by atoms with Gasteiger partial charge >= 0.3 is 0 Å². The fraction of sp³-hybridized carbons (Fsp3) is 0.381. The second-order valence-electron chi connectivity index (χ2n) is 7.29. The summed E-state index contributed by atoms with van der Waals surface area (Å²) in [4.78, 5) is 13.1. The average Bonchev–Trinajstić information content (AvgIpc) is 2.68. The van der Waals surface area contributed by atoms with Gasteiger partial charge in [-0.15, -0.1) is 0 Å². The van der Waals surface area contributed by atoms with Gasteiger partial charge in [-0.25, -0.2) is 8.42 Å². The highest BCUT2D eigenvalue weighted by molar-refractivity contribution is 7.91. The van der Waals surface area contributed by atoms with Gasteiger partial charge in [-0.3, -0.25) is 4.79 Å². The molecule has 7 heteroatoms. The van der Waals surface area contributed by atoms with Crippen molar-refractivity contribution in [3.8, 4) is 5.75 Å². The maximum absolute atomic E-state index is 13.3. The summed E-state index contributed by atoms with van der Waals surface area (Å²) in [5.41, 5.74) is 2.30. The molecule has 2 aromatic rings.